The third-order valence-corrected chi connectivity index (χ3v) is 5.05. The Morgan fingerprint density at radius 3 is 2.96 bits per heavy atom. The van der Waals surface area contributed by atoms with Gasteiger partial charge in [0.2, 0.25) is 0 Å². The second-order valence-corrected chi connectivity index (χ2v) is 7.03. The number of pyridine rings is 1. The van der Waals surface area contributed by atoms with Gasteiger partial charge in [0, 0.05) is 23.3 Å². The number of aromatic amines is 1. The molecule has 4 aromatic rings. The Balaban J connectivity index is 1.66. The van der Waals surface area contributed by atoms with E-state index in [4.69, 9.17) is 0 Å². The van der Waals surface area contributed by atoms with Gasteiger partial charge in [-0.3, -0.25) is 9.20 Å². The summed E-state index contributed by atoms with van der Waals surface area (Å²) in [7, 11) is 0. The van der Waals surface area contributed by atoms with Gasteiger partial charge < -0.3 is 10.3 Å². The highest BCUT2D eigenvalue weighted by Gasteiger charge is 2.22. The zero-order valence-electron chi connectivity index (χ0n) is 14.3. The fourth-order valence-corrected chi connectivity index (χ4v) is 3.57. The van der Waals surface area contributed by atoms with Crippen LogP contribution >= 0.6 is 11.8 Å². The number of nitrogens with one attached hydrogen (secondary N) is 2. The molecule has 132 valence electrons. The van der Waals surface area contributed by atoms with Crippen molar-refractivity contribution in [3.8, 4) is 0 Å². The van der Waals surface area contributed by atoms with Crippen LogP contribution in [0.3, 0.4) is 0 Å². The quantitative estimate of drug-likeness (QED) is 0.549. The van der Waals surface area contributed by atoms with Crippen LogP contribution in [-0.4, -0.2) is 37.5 Å². The van der Waals surface area contributed by atoms with E-state index in [0.717, 1.165) is 34.5 Å². The molecule has 1 atom stereocenters. The van der Waals surface area contributed by atoms with Crippen LogP contribution in [0.4, 0.5) is 0 Å². The van der Waals surface area contributed by atoms with Gasteiger partial charge in [0.1, 0.15) is 0 Å². The molecule has 1 amide bonds. The lowest BCUT2D eigenvalue weighted by molar-refractivity contribution is 0.0935. The number of rotatable bonds is 6. The Bertz CT molecular complexity index is 1050. The minimum absolute atomic E-state index is 0.110. The Kier molecular flexibility index (Phi) is 4.62. The van der Waals surface area contributed by atoms with Gasteiger partial charge in [0.05, 0.1) is 11.6 Å². The van der Waals surface area contributed by atoms with Crippen LogP contribution in [0.25, 0.3) is 16.6 Å². The largest absolute Gasteiger partial charge is 0.360 e. The highest BCUT2D eigenvalue weighted by Crippen LogP contribution is 2.22. The van der Waals surface area contributed by atoms with Crippen molar-refractivity contribution in [2.75, 3.05) is 12.0 Å². The number of hydrogen-bond acceptors (Lipinski definition) is 4. The van der Waals surface area contributed by atoms with Gasteiger partial charge in [0.25, 0.3) is 5.91 Å². The highest BCUT2D eigenvalue weighted by molar-refractivity contribution is 7.98. The summed E-state index contributed by atoms with van der Waals surface area (Å²) >= 11 is 1.74. The first kappa shape index (κ1) is 16.7. The monoisotopic (exact) mass is 365 g/mol. The first-order valence-corrected chi connectivity index (χ1v) is 9.83. The van der Waals surface area contributed by atoms with E-state index < -0.39 is 0 Å². The molecular weight excluding hydrogens is 346 g/mol. The molecule has 26 heavy (non-hydrogen) atoms. The average Bonchev–Trinajstić information content (AvgIpc) is 3.29. The molecule has 0 aliphatic carbocycles. The van der Waals surface area contributed by atoms with Crippen molar-refractivity contribution >= 4 is 34.2 Å². The Hall–Kier alpha value is -2.80. The topological polar surface area (TPSA) is 75.1 Å². The van der Waals surface area contributed by atoms with E-state index in [9.17, 15) is 4.79 Å². The van der Waals surface area contributed by atoms with Gasteiger partial charge in [-0.15, -0.1) is 10.2 Å². The van der Waals surface area contributed by atoms with Crippen LogP contribution in [0, 0.1) is 0 Å². The summed E-state index contributed by atoms with van der Waals surface area (Å²) in [6, 6.07) is 13.4. The summed E-state index contributed by atoms with van der Waals surface area (Å²) in [6.45, 7) is 0. The fourth-order valence-electron chi connectivity index (χ4n) is 3.09. The number of aromatic nitrogens is 4. The van der Waals surface area contributed by atoms with Crippen LogP contribution in [0.1, 0.15) is 28.6 Å². The van der Waals surface area contributed by atoms with E-state index in [0.29, 0.717) is 5.56 Å². The summed E-state index contributed by atoms with van der Waals surface area (Å²) in [4.78, 5) is 16.1. The third kappa shape index (κ3) is 3.06. The molecule has 7 heteroatoms. The number of hydrogen-bond donors (Lipinski definition) is 2. The number of para-hydroxylation sites is 1. The van der Waals surface area contributed by atoms with Crippen molar-refractivity contribution in [3.63, 3.8) is 0 Å². The second-order valence-electron chi connectivity index (χ2n) is 6.04. The summed E-state index contributed by atoms with van der Waals surface area (Å²) in [5.41, 5.74) is 2.37. The summed E-state index contributed by atoms with van der Waals surface area (Å²) in [5.74, 6) is 1.56. The molecular formula is C19H19N5OS. The lowest BCUT2D eigenvalue weighted by atomic mass is 10.1. The average molecular weight is 365 g/mol. The summed E-state index contributed by atoms with van der Waals surface area (Å²) < 4.78 is 1.93. The first-order valence-electron chi connectivity index (χ1n) is 8.43. The van der Waals surface area contributed by atoms with E-state index in [1.165, 1.54) is 0 Å². The molecule has 0 fully saturated rings. The number of H-pyrrole nitrogens is 1. The van der Waals surface area contributed by atoms with Crippen LogP contribution < -0.4 is 5.32 Å². The zero-order valence-corrected chi connectivity index (χ0v) is 15.2. The summed E-state index contributed by atoms with van der Waals surface area (Å²) in [6.07, 6.45) is 6.52. The molecule has 0 spiro atoms. The Morgan fingerprint density at radius 2 is 2.08 bits per heavy atom. The van der Waals surface area contributed by atoms with E-state index in [1.807, 2.05) is 53.1 Å². The molecule has 0 bridgehead atoms. The lowest BCUT2D eigenvalue weighted by Crippen LogP contribution is -2.30. The van der Waals surface area contributed by atoms with Crippen molar-refractivity contribution in [1.82, 2.24) is 24.9 Å². The highest BCUT2D eigenvalue weighted by atomic mass is 32.2. The third-order valence-electron chi connectivity index (χ3n) is 4.40. The molecule has 4 rings (SSSR count). The molecule has 1 unspecified atom stereocenters. The molecule has 0 saturated carbocycles. The number of benzene rings is 1. The van der Waals surface area contributed by atoms with Gasteiger partial charge in [-0.25, -0.2) is 0 Å². The van der Waals surface area contributed by atoms with E-state index >= 15 is 0 Å². The zero-order chi connectivity index (χ0) is 17.9. The predicted octanol–water partition coefficient (Wildman–Crippen LogP) is 3.43. The van der Waals surface area contributed by atoms with Gasteiger partial charge in [-0.05, 0) is 36.6 Å². The van der Waals surface area contributed by atoms with Crippen LogP contribution in [0.2, 0.25) is 0 Å². The van der Waals surface area contributed by atoms with Crippen molar-refractivity contribution in [2.45, 2.75) is 12.5 Å². The maximum atomic E-state index is 12.9. The fraction of sp³-hybridized carbons (Fsp3) is 0.211. The Morgan fingerprint density at radius 1 is 1.23 bits per heavy atom. The maximum Gasteiger partial charge on any atom is 0.254 e. The van der Waals surface area contributed by atoms with Crippen LogP contribution in [-0.2, 0) is 0 Å². The molecule has 6 nitrogen and oxygen atoms in total. The maximum absolute atomic E-state index is 12.9. The van der Waals surface area contributed by atoms with Crippen molar-refractivity contribution in [2.24, 2.45) is 0 Å². The van der Waals surface area contributed by atoms with Crippen molar-refractivity contribution < 1.29 is 4.79 Å². The van der Waals surface area contributed by atoms with Crippen LogP contribution in [0.15, 0.2) is 54.9 Å². The van der Waals surface area contributed by atoms with Crippen LogP contribution in [0.5, 0.6) is 0 Å². The standard InChI is InChI=1S/C19H19N5OS/c1-26-11-9-16(18-23-22-17-8-4-5-10-24(17)18)21-19(25)14-12-20-15-7-3-2-6-13(14)15/h2-8,10,12,16,20H,9,11H2,1H3,(H,21,25). The predicted molar refractivity (Wildman–Crippen MR) is 104 cm³/mol. The first-order chi connectivity index (χ1) is 12.8. The van der Waals surface area contributed by atoms with E-state index in [1.54, 1.807) is 18.0 Å². The number of carbonyl (C=O) groups is 1. The van der Waals surface area contributed by atoms with Crippen molar-refractivity contribution in [3.05, 3.63) is 66.2 Å². The van der Waals surface area contributed by atoms with Gasteiger partial charge >= 0.3 is 0 Å². The van der Waals surface area contributed by atoms with E-state index in [2.05, 4.69) is 26.8 Å². The number of carbonyl (C=O) groups excluding carboxylic acids is 1. The normalized spacial score (nSPS) is 12.5. The van der Waals surface area contributed by atoms with Gasteiger partial charge in [-0.1, -0.05) is 24.3 Å². The molecule has 1 aromatic carbocycles. The lowest BCUT2D eigenvalue weighted by Gasteiger charge is -2.17. The molecule has 0 aliphatic rings. The minimum Gasteiger partial charge on any atom is -0.360 e. The van der Waals surface area contributed by atoms with Gasteiger partial charge in [0.15, 0.2) is 11.5 Å². The molecule has 0 saturated heterocycles. The second kappa shape index (κ2) is 7.21. The number of thioether (sulfide) groups is 1. The SMILES string of the molecule is CSCCC(NC(=O)c1c[nH]c2ccccc12)c1nnc2ccccn12. The van der Waals surface area contributed by atoms with Gasteiger partial charge in [-0.2, -0.15) is 11.8 Å². The molecule has 0 radical (unpaired) electrons. The Labute approximate surface area is 155 Å². The molecule has 3 aromatic heterocycles. The molecule has 0 aliphatic heterocycles. The summed E-state index contributed by atoms with van der Waals surface area (Å²) in [5, 5.41) is 12.6. The van der Waals surface area contributed by atoms with E-state index in [-0.39, 0.29) is 11.9 Å². The number of nitrogens with zero attached hydrogens (tertiary/aromatic N) is 3. The molecule has 3 heterocycles. The smallest absolute Gasteiger partial charge is 0.254 e. The molecule has 2 N–H and O–H groups in total. The number of amides is 1. The van der Waals surface area contributed by atoms with Crippen molar-refractivity contribution in [1.29, 1.82) is 0 Å². The number of fused-ring (bicyclic) bond motifs is 2. The minimum atomic E-state index is -0.207.